The number of hydrogen-bond donors (Lipinski definition) is 0. The first kappa shape index (κ1) is 28.8. The van der Waals surface area contributed by atoms with E-state index in [0.717, 1.165) is 42.4 Å². The molecule has 0 aliphatic heterocycles. The minimum Gasteiger partial charge on any atom is -0.458 e. The van der Waals surface area contributed by atoms with Crippen LogP contribution in [0.2, 0.25) is 10.0 Å². The van der Waals surface area contributed by atoms with E-state index in [0.29, 0.717) is 32.9 Å². The average Bonchev–Trinajstić information content (AvgIpc) is 3.21. The molecule has 0 aromatic heterocycles. The smallest absolute Gasteiger partial charge is 0.339 e. The first-order valence-electron chi connectivity index (χ1n) is 15.7. The van der Waals surface area contributed by atoms with Crippen LogP contribution >= 0.6 is 23.2 Å². The molecule has 0 saturated heterocycles. The van der Waals surface area contributed by atoms with Crippen LogP contribution in [0.1, 0.15) is 122 Å². The Morgan fingerprint density at radius 1 is 0.974 bits per heavy atom. The maximum absolute atomic E-state index is 13.4. The van der Waals surface area contributed by atoms with E-state index in [4.69, 9.17) is 27.9 Å². The third-order valence-corrected chi connectivity index (χ3v) is 12.8. The summed E-state index contributed by atoms with van der Waals surface area (Å²) in [5, 5.41) is 0.926. The monoisotopic (exact) mass is 560 g/mol. The van der Waals surface area contributed by atoms with Crippen molar-refractivity contribution in [1.29, 1.82) is 0 Å². The Morgan fingerprint density at radius 3 is 2.50 bits per heavy atom. The fourth-order valence-electron chi connectivity index (χ4n) is 10.3. The number of esters is 1. The molecule has 4 saturated carbocycles. The number of carbonyl (C=O) groups excluding carboxylic acids is 1. The lowest BCUT2D eigenvalue weighted by Gasteiger charge is -2.62. The van der Waals surface area contributed by atoms with Crippen LogP contribution in [0.5, 0.6) is 0 Å². The lowest BCUT2D eigenvalue weighted by Crippen LogP contribution is -2.58. The second-order valence-electron chi connectivity index (χ2n) is 14.5. The maximum atomic E-state index is 13.4. The summed E-state index contributed by atoms with van der Waals surface area (Å²) >= 11 is 12.5. The number of fused-ring (bicyclic) bond motifs is 5. The van der Waals surface area contributed by atoms with Crippen LogP contribution in [0.25, 0.3) is 0 Å². The Hall–Kier alpha value is -0.730. The summed E-state index contributed by atoms with van der Waals surface area (Å²) in [5.74, 6) is 5.17. The SMILES string of the molecule is CC(C)CCC[C@H](C)[C@@H]1CC[C@H]2[C@H]3CC[C@H]4CCCC(OC(=O)c5ccc(Cl)cc5Cl)[C@]4(C)[C@H]3CC[C@@]21C. The van der Waals surface area contributed by atoms with Gasteiger partial charge in [0.1, 0.15) is 6.10 Å². The Bertz CT molecular complexity index is 1010. The van der Waals surface area contributed by atoms with Crippen molar-refractivity contribution in [3.8, 4) is 0 Å². The molecule has 4 fully saturated rings. The van der Waals surface area contributed by atoms with E-state index in [2.05, 4.69) is 34.6 Å². The molecule has 0 heterocycles. The lowest BCUT2D eigenvalue weighted by molar-refractivity contribution is -0.166. The van der Waals surface area contributed by atoms with E-state index >= 15 is 0 Å². The Balaban J connectivity index is 1.34. The normalized spacial score (nSPS) is 39.3. The van der Waals surface area contributed by atoms with E-state index in [-0.39, 0.29) is 17.5 Å². The third kappa shape index (κ3) is 5.08. The number of carbonyl (C=O) groups is 1. The van der Waals surface area contributed by atoms with Crippen molar-refractivity contribution in [2.45, 2.75) is 118 Å². The summed E-state index contributed by atoms with van der Waals surface area (Å²) in [7, 11) is 0. The van der Waals surface area contributed by atoms with Gasteiger partial charge in [0.15, 0.2) is 0 Å². The van der Waals surface area contributed by atoms with Crippen LogP contribution < -0.4 is 0 Å². The van der Waals surface area contributed by atoms with Gasteiger partial charge in [0.05, 0.1) is 10.6 Å². The Kier molecular flexibility index (Phi) is 8.54. The largest absolute Gasteiger partial charge is 0.458 e. The quantitative estimate of drug-likeness (QED) is 0.310. The summed E-state index contributed by atoms with van der Waals surface area (Å²) in [4.78, 5) is 13.4. The molecule has 2 nitrogen and oxygen atoms in total. The molecule has 0 bridgehead atoms. The molecule has 0 radical (unpaired) electrons. The molecule has 4 heteroatoms. The van der Waals surface area contributed by atoms with E-state index in [1.807, 2.05) is 0 Å². The van der Waals surface area contributed by atoms with Crippen LogP contribution in [0.3, 0.4) is 0 Å². The van der Waals surface area contributed by atoms with Gasteiger partial charge in [-0.3, -0.25) is 0 Å². The van der Waals surface area contributed by atoms with Gasteiger partial charge in [-0.1, -0.05) is 77.1 Å². The summed E-state index contributed by atoms with van der Waals surface area (Å²) in [6.07, 6.45) is 15.7. The second kappa shape index (κ2) is 11.3. The average molecular weight is 562 g/mol. The highest BCUT2D eigenvalue weighted by atomic mass is 35.5. The van der Waals surface area contributed by atoms with Crippen molar-refractivity contribution in [2.24, 2.45) is 52.3 Å². The lowest BCUT2D eigenvalue weighted by atomic mass is 9.44. The second-order valence-corrected chi connectivity index (χ2v) is 15.3. The molecule has 0 spiro atoms. The highest BCUT2D eigenvalue weighted by Crippen LogP contribution is 2.68. The van der Waals surface area contributed by atoms with Gasteiger partial charge in [-0.15, -0.1) is 0 Å². The van der Waals surface area contributed by atoms with Crippen molar-refractivity contribution in [1.82, 2.24) is 0 Å². The first-order chi connectivity index (χ1) is 18.1. The fraction of sp³-hybridized carbons (Fsp3) is 0.794. The molecule has 1 aromatic rings. The number of hydrogen-bond acceptors (Lipinski definition) is 2. The summed E-state index contributed by atoms with van der Waals surface area (Å²) in [6.45, 7) is 12.4. The Morgan fingerprint density at radius 2 is 1.76 bits per heavy atom. The molecule has 0 amide bonds. The summed E-state index contributed by atoms with van der Waals surface area (Å²) < 4.78 is 6.41. The minimum absolute atomic E-state index is 0.0233. The molecule has 4 aliphatic rings. The van der Waals surface area contributed by atoms with Crippen molar-refractivity contribution < 1.29 is 9.53 Å². The third-order valence-electron chi connectivity index (χ3n) is 12.3. The van der Waals surface area contributed by atoms with E-state index in [1.165, 1.54) is 64.2 Å². The molecule has 4 aliphatic carbocycles. The van der Waals surface area contributed by atoms with Gasteiger partial charge in [0, 0.05) is 10.4 Å². The predicted molar refractivity (Wildman–Crippen MR) is 159 cm³/mol. The van der Waals surface area contributed by atoms with Crippen LogP contribution in [-0.2, 0) is 4.74 Å². The summed E-state index contributed by atoms with van der Waals surface area (Å²) in [5.41, 5.74) is 0.993. The molecule has 5 rings (SSSR count). The maximum Gasteiger partial charge on any atom is 0.339 e. The van der Waals surface area contributed by atoms with Crippen molar-refractivity contribution >= 4 is 29.2 Å². The first-order valence-corrected chi connectivity index (χ1v) is 16.5. The molecule has 9 atom stereocenters. The van der Waals surface area contributed by atoms with Crippen LogP contribution in [0.4, 0.5) is 0 Å². The molecule has 38 heavy (non-hydrogen) atoms. The van der Waals surface area contributed by atoms with E-state index in [9.17, 15) is 4.79 Å². The van der Waals surface area contributed by atoms with Crippen molar-refractivity contribution in [3.05, 3.63) is 33.8 Å². The highest BCUT2D eigenvalue weighted by molar-refractivity contribution is 6.36. The van der Waals surface area contributed by atoms with Gasteiger partial charge in [-0.25, -0.2) is 4.79 Å². The molecular formula is C34H50Cl2O2. The van der Waals surface area contributed by atoms with Crippen LogP contribution in [0.15, 0.2) is 18.2 Å². The molecule has 1 aromatic carbocycles. The Labute approximate surface area is 242 Å². The van der Waals surface area contributed by atoms with Crippen LogP contribution in [-0.4, -0.2) is 12.1 Å². The van der Waals surface area contributed by atoms with Gasteiger partial charge < -0.3 is 4.74 Å². The van der Waals surface area contributed by atoms with Gasteiger partial charge in [-0.05, 0) is 123 Å². The van der Waals surface area contributed by atoms with E-state index < -0.39 is 0 Å². The topological polar surface area (TPSA) is 26.3 Å². The summed E-state index contributed by atoms with van der Waals surface area (Å²) in [6, 6.07) is 5.09. The van der Waals surface area contributed by atoms with Crippen molar-refractivity contribution in [2.75, 3.05) is 0 Å². The van der Waals surface area contributed by atoms with Gasteiger partial charge >= 0.3 is 5.97 Å². The number of ether oxygens (including phenoxy) is 1. The molecule has 1 unspecified atom stereocenters. The molecule has 212 valence electrons. The van der Waals surface area contributed by atoms with Gasteiger partial charge in [0.25, 0.3) is 0 Å². The molecular weight excluding hydrogens is 511 g/mol. The fourth-order valence-corrected chi connectivity index (χ4v) is 10.8. The van der Waals surface area contributed by atoms with Gasteiger partial charge in [0.2, 0.25) is 0 Å². The van der Waals surface area contributed by atoms with Crippen LogP contribution in [0, 0.1) is 52.3 Å². The zero-order valence-electron chi connectivity index (χ0n) is 24.4. The van der Waals surface area contributed by atoms with Gasteiger partial charge in [-0.2, -0.15) is 0 Å². The minimum atomic E-state index is -0.280. The number of halogens is 2. The number of rotatable bonds is 7. The standard InChI is InChI=1S/C34H50Cl2O2/c1-21(2)8-6-9-22(3)27-16-17-28-25-14-12-23-10-7-11-31(34(23,5)29(25)18-19-33(27,28)4)38-32(37)26-15-13-24(35)20-30(26)36/h13,15,20-23,25,27-29,31H,6-12,14,16-19H2,1-5H3/t22-,23+,25+,27-,28-,29-,31?,33+,34-/m0/s1. The number of benzene rings is 1. The van der Waals surface area contributed by atoms with E-state index in [1.54, 1.807) is 18.2 Å². The molecule has 0 N–H and O–H groups in total. The highest BCUT2D eigenvalue weighted by Gasteiger charge is 2.62. The zero-order chi connectivity index (χ0) is 27.2. The predicted octanol–water partition coefficient (Wildman–Crippen LogP) is 10.6. The van der Waals surface area contributed by atoms with Crippen molar-refractivity contribution in [3.63, 3.8) is 0 Å². The zero-order valence-corrected chi connectivity index (χ0v) is 25.9.